The van der Waals surface area contributed by atoms with Crippen molar-refractivity contribution in [2.75, 3.05) is 14.1 Å². The van der Waals surface area contributed by atoms with Crippen molar-refractivity contribution in [3.05, 3.63) is 46.8 Å². The van der Waals surface area contributed by atoms with Gasteiger partial charge in [-0.05, 0) is 45.0 Å². The Balaban J connectivity index is 1.95. The zero-order chi connectivity index (χ0) is 18.6. The van der Waals surface area contributed by atoms with Crippen molar-refractivity contribution in [2.24, 2.45) is 0 Å². The molecule has 0 saturated carbocycles. The molecule has 134 valence electrons. The van der Waals surface area contributed by atoms with E-state index in [1.165, 1.54) is 4.90 Å². The van der Waals surface area contributed by atoms with Gasteiger partial charge in [-0.15, -0.1) is 0 Å². The van der Waals surface area contributed by atoms with Crippen molar-refractivity contribution in [1.29, 1.82) is 0 Å². The molecule has 0 spiro atoms. The van der Waals surface area contributed by atoms with Crippen molar-refractivity contribution in [3.8, 4) is 5.75 Å². The van der Waals surface area contributed by atoms with Crippen LogP contribution in [0.4, 0.5) is 0 Å². The molecule has 1 atom stereocenters. The zero-order valence-corrected chi connectivity index (χ0v) is 15.0. The van der Waals surface area contributed by atoms with E-state index in [-0.39, 0.29) is 5.91 Å². The monoisotopic (exact) mass is 346 g/mol. The Hall–Kier alpha value is -2.83. The highest BCUT2D eigenvalue weighted by atomic mass is 16.5. The second-order valence-corrected chi connectivity index (χ2v) is 5.90. The van der Waals surface area contributed by atoms with Gasteiger partial charge in [0.25, 0.3) is 5.91 Å². The Bertz CT molecular complexity index is 730. The van der Waals surface area contributed by atoms with Crippen LogP contribution in [0.15, 0.2) is 28.8 Å². The van der Waals surface area contributed by atoms with Gasteiger partial charge in [-0.2, -0.15) is 0 Å². The van der Waals surface area contributed by atoms with Gasteiger partial charge in [-0.1, -0.05) is 5.16 Å². The first-order chi connectivity index (χ1) is 11.8. The summed E-state index contributed by atoms with van der Waals surface area (Å²) in [6.45, 7) is 5.55. The molecule has 0 fully saturated rings. The molecule has 0 radical (unpaired) electrons. The highest BCUT2D eigenvalue weighted by molar-refractivity contribution is 5.92. The number of benzene rings is 1. The number of carbonyl (C=O) groups is 2. The minimum absolute atomic E-state index is 0.271. The fourth-order valence-corrected chi connectivity index (χ4v) is 2.19. The molecule has 7 heteroatoms. The number of amides is 1. The molecular weight excluding hydrogens is 324 g/mol. The van der Waals surface area contributed by atoms with Crippen LogP contribution in [0.2, 0.25) is 0 Å². The Kier molecular flexibility index (Phi) is 5.80. The maximum absolute atomic E-state index is 12.1. The molecule has 25 heavy (non-hydrogen) atoms. The largest absolute Gasteiger partial charge is 0.489 e. The van der Waals surface area contributed by atoms with Crippen LogP contribution in [0.25, 0.3) is 0 Å². The maximum atomic E-state index is 12.1. The second kappa shape index (κ2) is 7.83. The first-order valence-electron chi connectivity index (χ1n) is 7.86. The Morgan fingerprint density at radius 2 is 1.84 bits per heavy atom. The van der Waals surface area contributed by atoms with E-state index in [0.29, 0.717) is 17.9 Å². The molecule has 0 aliphatic carbocycles. The van der Waals surface area contributed by atoms with Crippen molar-refractivity contribution in [3.63, 3.8) is 0 Å². The minimum atomic E-state index is -0.835. The van der Waals surface area contributed by atoms with Gasteiger partial charge in [0.15, 0.2) is 6.10 Å². The summed E-state index contributed by atoms with van der Waals surface area (Å²) in [6, 6.07) is 6.54. The topological polar surface area (TPSA) is 81.9 Å². The first-order valence-corrected chi connectivity index (χ1v) is 7.86. The highest BCUT2D eigenvalue weighted by Crippen LogP contribution is 2.18. The predicted molar refractivity (Wildman–Crippen MR) is 90.3 cm³/mol. The molecule has 0 saturated heterocycles. The van der Waals surface area contributed by atoms with Gasteiger partial charge < -0.3 is 18.9 Å². The SMILES string of the molecule is Cc1noc(C)c1COc1ccc(C(=O)O[C@H](C)C(=O)N(C)C)cc1. The molecule has 0 unspecified atom stereocenters. The van der Waals surface area contributed by atoms with E-state index in [2.05, 4.69) is 5.16 Å². The van der Waals surface area contributed by atoms with Gasteiger partial charge in [0.2, 0.25) is 0 Å². The molecule has 2 rings (SSSR count). The molecule has 1 aromatic carbocycles. The quantitative estimate of drug-likeness (QED) is 0.748. The predicted octanol–water partition coefficient (Wildman–Crippen LogP) is 2.50. The van der Waals surface area contributed by atoms with Gasteiger partial charge in [-0.25, -0.2) is 4.79 Å². The number of carbonyl (C=O) groups excluding carboxylic acids is 2. The van der Waals surface area contributed by atoms with Gasteiger partial charge in [0.1, 0.15) is 18.1 Å². The number of hydrogen-bond acceptors (Lipinski definition) is 6. The summed E-state index contributed by atoms with van der Waals surface area (Å²) < 4.78 is 15.9. The summed E-state index contributed by atoms with van der Waals surface area (Å²) in [4.78, 5) is 25.2. The van der Waals surface area contributed by atoms with Crippen LogP contribution in [0.3, 0.4) is 0 Å². The third-order valence-electron chi connectivity index (χ3n) is 3.73. The van der Waals surface area contributed by atoms with E-state index in [1.807, 2.05) is 13.8 Å². The summed E-state index contributed by atoms with van der Waals surface area (Å²) in [5.41, 5.74) is 2.04. The maximum Gasteiger partial charge on any atom is 0.338 e. The lowest BCUT2D eigenvalue weighted by Crippen LogP contribution is -2.34. The molecular formula is C18H22N2O5. The second-order valence-electron chi connectivity index (χ2n) is 5.90. The summed E-state index contributed by atoms with van der Waals surface area (Å²) in [7, 11) is 3.22. The van der Waals surface area contributed by atoms with E-state index in [1.54, 1.807) is 45.3 Å². The average Bonchev–Trinajstić information content (AvgIpc) is 2.90. The van der Waals surface area contributed by atoms with Crippen LogP contribution in [0.5, 0.6) is 5.75 Å². The number of aryl methyl sites for hydroxylation is 2. The number of aromatic nitrogens is 1. The van der Waals surface area contributed by atoms with Gasteiger partial charge in [-0.3, -0.25) is 4.79 Å². The highest BCUT2D eigenvalue weighted by Gasteiger charge is 2.20. The number of rotatable bonds is 6. The molecule has 2 aromatic rings. The van der Waals surface area contributed by atoms with Crippen molar-refractivity contribution in [1.82, 2.24) is 10.1 Å². The van der Waals surface area contributed by atoms with E-state index in [9.17, 15) is 9.59 Å². The van der Waals surface area contributed by atoms with E-state index < -0.39 is 12.1 Å². The smallest absolute Gasteiger partial charge is 0.338 e. The lowest BCUT2D eigenvalue weighted by Gasteiger charge is -2.17. The number of esters is 1. The van der Waals surface area contributed by atoms with Crippen LogP contribution in [-0.2, 0) is 16.1 Å². The van der Waals surface area contributed by atoms with Crippen molar-refractivity contribution in [2.45, 2.75) is 33.5 Å². The molecule has 1 amide bonds. The Labute approximate surface area is 146 Å². The van der Waals surface area contributed by atoms with Crippen LogP contribution in [0.1, 0.15) is 34.3 Å². The first kappa shape index (κ1) is 18.5. The van der Waals surface area contributed by atoms with Gasteiger partial charge >= 0.3 is 5.97 Å². The summed E-state index contributed by atoms with van der Waals surface area (Å²) in [5.74, 6) is 0.499. The third kappa shape index (κ3) is 4.59. The Morgan fingerprint density at radius 3 is 2.36 bits per heavy atom. The van der Waals surface area contributed by atoms with E-state index in [0.717, 1.165) is 17.0 Å². The zero-order valence-electron chi connectivity index (χ0n) is 15.0. The number of ether oxygens (including phenoxy) is 2. The lowest BCUT2D eigenvalue weighted by molar-refractivity contribution is -0.137. The fraction of sp³-hybridized carbons (Fsp3) is 0.389. The average molecular weight is 346 g/mol. The fourth-order valence-electron chi connectivity index (χ4n) is 2.19. The number of nitrogens with zero attached hydrogens (tertiary/aromatic N) is 2. The van der Waals surface area contributed by atoms with E-state index in [4.69, 9.17) is 14.0 Å². The van der Waals surface area contributed by atoms with Crippen molar-refractivity contribution >= 4 is 11.9 Å². The normalized spacial score (nSPS) is 11.7. The van der Waals surface area contributed by atoms with Crippen molar-refractivity contribution < 1.29 is 23.6 Å². The molecule has 7 nitrogen and oxygen atoms in total. The Morgan fingerprint density at radius 1 is 1.20 bits per heavy atom. The van der Waals surface area contributed by atoms with Gasteiger partial charge in [0.05, 0.1) is 16.8 Å². The minimum Gasteiger partial charge on any atom is -0.489 e. The summed E-state index contributed by atoms with van der Waals surface area (Å²) in [5, 5.41) is 3.87. The summed E-state index contributed by atoms with van der Waals surface area (Å²) in [6.07, 6.45) is -0.835. The molecule has 1 heterocycles. The third-order valence-corrected chi connectivity index (χ3v) is 3.73. The lowest BCUT2D eigenvalue weighted by atomic mass is 10.2. The van der Waals surface area contributed by atoms with Crippen LogP contribution in [0, 0.1) is 13.8 Å². The van der Waals surface area contributed by atoms with Crippen LogP contribution >= 0.6 is 0 Å². The molecule has 0 bridgehead atoms. The summed E-state index contributed by atoms with van der Waals surface area (Å²) >= 11 is 0. The molecule has 0 aliphatic rings. The van der Waals surface area contributed by atoms with E-state index >= 15 is 0 Å². The standard InChI is InChI=1S/C18H22N2O5/c1-11-16(12(2)25-19-11)10-23-15-8-6-14(7-9-15)18(22)24-13(3)17(21)20(4)5/h6-9,13H,10H2,1-5H3/t13-/m1/s1. The number of likely N-dealkylation sites (N-methyl/N-ethyl adjacent to an activating group) is 1. The molecule has 1 aromatic heterocycles. The van der Waals surface area contributed by atoms with Crippen LogP contribution < -0.4 is 4.74 Å². The van der Waals surface area contributed by atoms with Gasteiger partial charge in [0, 0.05) is 14.1 Å². The van der Waals surface area contributed by atoms with Crippen LogP contribution in [-0.4, -0.2) is 42.1 Å². The molecule has 0 N–H and O–H groups in total. The molecule has 0 aliphatic heterocycles. The number of hydrogen-bond donors (Lipinski definition) is 0.